The molecule has 0 atom stereocenters. The Kier molecular flexibility index (Phi) is 5.77. The normalized spacial score (nSPS) is 17.7. The first-order valence-electron chi connectivity index (χ1n) is 7.58. The molecule has 1 N–H and O–H groups in total. The highest BCUT2D eigenvalue weighted by Gasteiger charge is 2.19. The summed E-state index contributed by atoms with van der Waals surface area (Å²) in [5, 5.41) is 8.75. The summed E-state index contributed by atoms with van der Waals surface area (Å²) in [4.78, 5) is 0. The number of sulfonamides is 1. The van der Waals surface area contributed by atoms with E-state index in [4.69, 9.17) is 5.26 Å². The van der Waals surface area contributed by atoms with Crippen molar-refractivity contribution in [3.63, 3.8) is 0 Å². The van der Waals surface area contributed by atoms with Gasteiger partial charge in [0.1, 0.15) is 0 Å². The second kappa shape index (κ2) is 7.58. The van der Waals surface area contributed by atoms with Crippen LogP contribution in [-0.4, -0.2) is 14.5 Å². The third-order valence-corrected chi connectivity index (χ3v) is 5.30. The lowest BCUT2D eigenvalue weighted by Gasteiger charge is -2.21. The van der Waals surface area contributed by atoms with Gasteiger partial charge in [-0.25, -0.2) is 13.1 Å². The standard InChI is InChI=1S/C16H22N2O2S/c17-12-14-8-10-15(11-9-14)13-21(19,20)18-16-6-4-2-1-3-5-7-16/h8-11,16,18H,1-7,13H2. The predicted molar refractivity (Wildman–Crippen MR) is 83.0 cm³/mol. The largest absolute Gasteiger partial charge is 0.216 e. The zero-order valence-corrected chi connectivity index (χ0v) is 13.0. The van der Waals surface area contributed by atoms with Gasteiger partial charge in [-0.2, -0.15) is 5.26 Å². The summed E-state index contributed by atoms with van der Waals surface area (Å²) in [5.74, 6) is -0.0186. The van der Waals surface area contributed by atoms with E-state index in [0.29, 0.717) is 11.1 Å². The molecule has 21 heavy (non-hydrogen) atoms. The van der Waals surface area contributed by atoms with E-state index >= 15 is 0 Å². The quantitative estimate of drug-likeness (QED) is 0.929. The van der Waals surface area contributed by atoms with Crippen LogP contribution in [0.5, 0.6) is 0 Å². The Labute approximate surface area is 127 Å². The molecule has 0 saturated heterocycles. The Morgan fingerprint density at radius 2 is 1.62 bits per heavy atom. The molecule has 0 aromatic heterocycles. The third kappa shape index (κ3) is 5.49. The highest BCUT2D eigenvalue weighted by atomic mass is 32.2. The Morgan fingerprint density at radius 3 is 2.19 bits per heavy atom. The smallest absolute Gasteiger partial charge is 0.212 e. The summed E-state index contributed by atoms with van der Waals surface area (Å²) in [6.45, 7) is 0. The van der Waals surface area contributed by atoms with Crippen LogP contribution in [0.3, 0.4) is 0 Å². The Bertz CT molecular complexity index is 580. The first-order valence-corrected chi connectivity index (χ1v) is 9.23. The summed E-state index contributed by atoms with van der Waals surface area (Å²) < 4.78 is 27.3. The topological polar surface area (TPSA) is 70.0 Å². The van der Waals surface area contributed by atoms with Crippen LogP contribution in [0.4, 0.5) is 0 Å². The van der Waals surface area contributed by atoms with Gasteiger partial charge in [0.2, 0.25) is 10.0 Å². The average Bonchev–Trinajstić information content (AvgIpc) is 2.42. The van der Waals surface area contributed by atoms with Gasteiger partial charge in [0.25, 0.3) is 0 Å². The second-order valence-corrected chi connectivity index (χ2v) is 7.48. The van der Waals surface area contributed by atoms with Gasteiger partial charge in [-0.3, -0.25) is 0 Å². The van der Waals surface area contributed by atoms with Crippen LogP contribution < -0.4 is 4.72 Å². The van der Waals surface area contributed by atoms with Gasteiger partial charge < -0.3 is 0 Å². The predicted octanol–water partition coefficient (Wildman–Crippen LogP) is 3.09. The second-order valence-electron chi connectivity index (χ2n) is 5.73. The molecule has 1 fully saturated rings. The summed E-state index contributed by atoms with van der Waals surface area (Å²) in [7, 11) is -3.31. The molecule has 2 rings (SSSR count). The van der Waals surface area contributed by atoms with E-state index < -0.39 is 10.0 Å². The molecule has 0 heterocycles. The van der Waals surface area contributed by atoms with Crippen molar-refractivity contribution in [2.24, 2.45) is 0 Å². The van der Waals surface area contributed by atoms with Crippen LogP contribution in [0.15, 0.2) is 24.3 Å². The first-order chi connectivity index (χ1) is 10.1. The van der Waals surface area contributed by atoms with E-state index in [-0.39, 0.29) is 11.8 Å². The van der Waals surface area contributed by atoms with Crippen molar-refractivity contribution >= 4 is 10.0 Å². The minimum Gasteiger partial charge on any atom is -0.212 e. The highest BCUT2D eigenvalue weighted by molar-refractivity contribution is 7.88. The zero-order chi connectivity index (χ0) is 15.1. The van der Waals surface area contributed by atoms with Gasteiger partial charge in [-0.1, -0.05) is 44.2 Å². The summed E-state index contributed by atoms with van der Waals surface area (Å²) in [6, 6.07) is 8.82. The minimum atomic E-state index is -3.31. The molecule has 114 valence electrons. The molecular weight excluding hydrogens is 284 g/mol. The van der Waals surface area contributed by atoms with Gasteiger partial charge in [-0.05, 0) is 30.5 Å². The Hall–Kier alpha value is -1.38. The maximum atomic E-state index is 12.2. The fraction of sp³-hybridized carbons (Fsp3) is 0.562. The van der Waals surface area contributed by atoms with Crippen molar-refractivity contribution in [3.05, 3.63) is 35.4 Å². The summed E-state index contributed by atoms with van der Waals surface area (Å²) in [5.41, 5.74) is 1.26. The third-order valence-electron chi connectivity index (χ3n) is 3.89. The zero-order valence-electron chi connectivity index (χ0n) is 12.2. The number of hydrogen-bond donors (Lipinski definition) is 1. The fourth-order valence-corrected chi connectivity index (χ4v) is 4.22. The van der Waals surface area contributed by atoms with E-state index in [1.54, 1.807) is 24.3 Å². The van der Waals surface area contributed by atoms with Gasteiger partial charge in [0.15, 0.2) is 0 Å². The van der Waals surface area contributed by atoms with E-state index in [1.807, 2.05) is 6.07 Å². The molecule has 1 aliphatic carbocycles. The number of hydrogen-bond acceptors (Lipinski definition) is 3. The van der Waals surface area contributed by atoms with Gasteiger partial charge >= 0.3 is 0 Å². The van der Waals surface area contributed by atoms with Gasteiger partial charge in [0, 0.05) is 6.04 Å². The molecule has 1 aromatic rings. The lowest BCUT2D eigenvalue weighted by molar-refractivity contribution is 0.426. The lowest BCUT2D eigenvalue weighted by Crippen LogP contribution is -2.36. The van der Waals surface area contributed by atoms with Gasteiger partial charge in [-0.15, -0.1) is 0 Å². The molecule has 0 unspecified atom stereocenters. The Balaban J connectivity index is 1.95. The van der Waals surface area contributed by atoms with Gasteiger partial charge in [0.05, 0.1) is 17.4 Å². The number of benzene rings is 1. The van der Waals surface area contributed by atoms with Crippen LogP contribution in [0.2, 0.25) is 0 Å². The molecule has 1 saturated carbocycles. The van der Waals surface area contributed by atoms with Crippen LogP contribution in [0, 0.1) is 11.3 Å². The maximum absolute atomic E-state index is 12.2. The monoisotopic (exact) mass is 306 g/mol. The molecule has 0 spiro atoms. The summed E-state index contributed by atoms with van der Waals surface area (Å²) >= 11 is 0. The molecule has 1 aromatic carbocycles. The molecular formula is C16H22N2O2S. The molecule has 4 nitrogen and oxygen atoms in total. The Morgan fingerprint density at radius 1 is 1.05 bits per heavy atom. The van der Waals surface area contributed by atoms with Crippen molar-refractivity contribution in [1.29, 1.82) is 5.26 Å². The fourth-order valence-electron chi connectivity index (χ4n) is 2.76. The maximum Gasteiger partial charge on any atom is 0.216 e. The molecule has 0 bridgehead atoms. The lowest BCUT2D eigenvalue weighted by atomic mass is 9.97. The van der Waals surface area contributed by atoms with E-state index in [2.05, 4.69) is 4.72 Å². The van der Waals surface area contributed by atoms with E-state index in [1.165, 1.54) is 19.3 Å². The molecule has 0 aliphatic heterocycles. The van der Waals surface area contributed by atoms with Crippen molar-refractivity contribution in [2.75, 3.05) is 0 Å². The van der Waals surface area contributed by atoms with E-state index in [0.717, 1.165) is 25.7 Å². The van der Waals surface area contributed by atoms with Crippen molar-refractivity contribution in [1.82, 2.24) is 4.72 Å². The van der Waals surface area contributed by atoms with E-state index in [9.17, 15) is 8.42 Å². The molecule has 5 heteroatoms. The number of nitrogens with zero attached hydrogens (tertiary/aromatic N) is 1. The van der Waals surface area contributed by atoms with Crippen LogP contribution in [-0.2, 0) is 15.8 Å². The number of rotatable bonds is 4. The average molecular weight is 306 g/mol. The molecule has 0 amide bonds. The first kappa shape index (κ1) is 16.0. The van der Waals surface area contributed by atoms with Crippen LogP contribution >= 0.6 is 0 Å². The molecule has 1 aliphatic rings. The van der Waals surface area contributed by atoms with Crippen molar-refractivity contribution in [3.8, 4) is 6.07 Å². The van der Waals surface area contributed by atoms with Crippen molar-refractivity contribution in [2.45, 2.75) is 56.7 Å². The number of nitrogens with one attached hydrogen (secondary N) is 1. The highest BCUT2D eigenvalue weighted by Crippen LogP contribution is 2.18. The van der Waals surface area contributed by atoms with Crippen molar-refractivity contribution < 1.29 is 8.42 Å². The van der Waals surface area contributed by atoms with Crippen LogP contribution in [0.1, 0.15) is 56.1 Å². The minimum absolute atomic E-state index is 0.0186. The summed E-state index contributed by atoms with van der Waals surface area (Å²) in [6.07, 6.45) is 7.75. The number of nitriles is 1. The SMILES string of the molecule is N#Cc1ccc(CS(=O)(=O)NC2CCCCCCC2)cc1. The van der Waals surface area contributed by atoms with Crippen LogP contribution in [0.25, 0.3) is 0 Å². The molecule has 0 radical (unpaired) electrons.